The fourth-order valence-corrected chi connectivity index (χ4v) is 3.82. The van der Waals surface area contributed by atoms with Crippen LogP contribution in [0.1, 0.15) is 67.7 Å². The van der Waals surface area contributed by atoms with E-state index < -0.39 is 6.04 Å². The van der Waals surface area contributed by atoms with E-state index in [-0.39, 0.29) is 36.2 Å². The van der Waals surface area contributed by atoms with Crippen molar-refractivity contribution in [2.75, 3.05) is 26.2 Å². The molecule has 0 saturated heterocycles. The van der Waals surface area contributed by atoms with Gasteiger partial charge in [0, 0.05) is 36.9 Å². The van der Waals surface area contributed by atoms with Gasteiger partial charge in [-0.1, -0.05) is 78.0 Å². The molecule has 8 nitrogen and oxygen atoms in total. The summed E-state index contributed by atoms with van der Waals surface area (Å²) in [5, 5.41) is 15.3. The van der Waals surface area contributed by atoms with E-state index in [9.17, 15) is 14.4 Å². The van der Waals surface area contributed by atoms with Crippen molar-refractivity contribution in [3.8, 4) is 0 Å². The average Bonchev–Trinajstić information content (AvgIpc) is 2.84. The van der Waals surface area contributed by atoms with Gasteiger partial charge in [-0.2, -0.15) is 0 Å². The summed E-state index contributed by atoms with van der Waals surface area (Å²) in [6.45, 7) is 19.7. The van der Waals surface area contributed by atoms with Gasteiger partial charge in [0.15, 0.2) is 0 Å². The predicted octanol–water partition coefficient (Wildman–Crippen LogP) is 3.35. The summed E-state index contributed by atoms with van der Waals surface area (Å²) < 4.78 is 0. The summed E-state index contributed by atoms with van der Waals surface area (Å²) in [6.07, 6.45) is 11.2. The van der Waals surface area contributed by atoms with E-state index in [1.165, 1.54) is 6.08 Å². The minimum absolute atomic E-state index is 0.0635. The lowest BCUT2D eigenvalue weighted by atomic mass is 9.97. The standard InChI is InChI=1S/C29H51N5O3/c1-9-14-23(15-10-2)28(36)34-27(22(8)12-4)29(37)32-20-26(35)33-25(17-21(6)7)19-30-18-24(16-11-3)31-13-5/h9-10,14-16,21-22,25,27,30-31H,1,11-13,17-20H2,2-8H3,(H,32,37)(H,33,35)(H,34,36)/b15-10-,23-14+,24-16?/t22-,25?,27?/m0/s1. The van der Waals surface area contributed by atoms with Crippen LogP contribution in [-0.2, 0) is 14.4 Å². The van der Waals surface area contributed by atoms with Gasteiger partial charge < -0.3 is 26.6 Å². The van der Waals surface area contributed by atoms with Crippen LogP contribution in [-0.4, -0.2) is 56.0 Å². The zero-order valence-electron chi connectivity index (χ0n) is 24.1. The van der Waals surface area contributed by atoms with Gasteiger partial charge in [-0.05, 0) is 38.5 Å². The lowest BCUT2D eigenvalue weighted by Gasteiger charge is -2.25. The van der Waals surface area contributed by atoms with Crippen molar-refractivity contribution in [2.45, 2.75) is 79.8 Å². The topological polar surface area (TPSA) is 111 Å². The van der Waals surface area contributed by atoms with E-state index in [1.807, 2.05) is 20.8 Å². The van der Waals surface area contributed by atoms with Gasteiger partial charge in [0.2, 0.25) is 11.8 Å². The lowest BCUT2D eigenvalue weighted by Crippen LogP contribution is -2.53. The molecule has 0 fully saturated rings. The molecule has 0 bridgehead atoms. The summed E-state index contributed by atoms with van der Waals surface area (Å²) in [4.78, 5) is 38.4. The van der Waals surface area contributed by atoms with E-state index in [2.05, 4.69) is 66.9 Å². The first-order valence-corrected chi connectivity index (χ1v) is 13.6. The van der Waals surface area contributed by atoms with Crippen molar-refractivity contribution >= 4 is 17.7 Å². The van der Waals surface area contributed by atoms with Gasteiger partial charge in [-0.25, -0.2) is 0 Å². The third kappa shape index (κ3) is 15.1. The van der Waals surface area contributed by atoms with Crippen LogP contribution in [0.3, 0.4) is 0 Å². The van der Waals surface area contributed by atoms with Gasteiger partial charge in [0.25, 0.3) is 5.91 Å². The Morgan fingerprint density at radius 3 is 2.22 bits per heavy atom. The first kappa shape index (κ1) is 34.1. The minimum Gasteiger partial charge on any atom is -0.388 e. The molecule has 2 unspecified atom stereocenters. The minimum atomic E-state index is -0.758. The normalized spacial score (nSPS) is 14.7. The monoisotopic (exact) mass is 517 g/mol. The van der Waals surface area contributed by atoms with Gasteiger partial charge in [0.1, 0.15) is 6.04 Å². The molecule has 0 saturated carbocycles. The molecule has 0 aromatic carbocycles. The first-order valence-electron chi connectivity index (χ1n) is 13.6. The Morgan fingerprint density at radius 1 is 0.973 bits per heavy atom. The molecular formula is C29H51N5O3. The van der Waals surface area contributed by atoms with Crippen molar-refractivity contribution < 1.29 is 14.4 Å². The lowest BCUT2D eigenvalue weighted by molar-refractivity contribution is -0.130. The number of likely N-dealkylation sites (N-methyl/N-ethyl adjacent to an activating group) is 1. The molecule has 37 heavy (non-hydrogen) atoms. The number of carbonyl (C=O) groups excluding carboxylic acids is 3. The Balaban J connectivity index is 5.11. The van der Waals surface area contributed by atoms with E-state index >= 15 is 0 Å². The molecule has 0 aromatic rings. The first-order chi connectivity index (χ1) is 17.6. The van der Waals surface area contributed by atoms with Crippen molar-refractivity contribution in [2.24, 2.45) is 11.8 Å². The molecule has 210 valence electrons. The van der Waals surface area contributed by atoms with Crippen LogP contribution >= 0.6 is 0 Å². The zero-order chi connectivity index (χ0) is 28.2. The molecule has 0 aromatic heterocycles. The highest BCUT2D eigenvalue weighted by molar-refractivity contribution is 5.99. The number of rotatable bonds is 19. The molecule has 5 N–H and O–H groups in total. The second kappa shape index (κ2) is 20.2. The molecule has 0 heterocycles. The fraction of sp³-hybridized carbons (Fsp3) is 0.621. The average molecular weight is 518 g/mol. The van der Waals surface area contributed by atoms with Crippen LogP contribution in [0.25, 0.3) is 0 Å². The maximum atomic E-state index is 13.0. The van der Waals surface area contributed by atoms with Gasteiger partial charge >= 0.3 is 0 Å². The highest BCUT2D eigenvalue weighted by Gasteiger charge is 2.27. The van der Waals surface area contributed by atoms with Gasteiger partial charge in [-0.15, -0.1) is 0 Å². The van der Waals surface area contributed by atoms with Crippen LogP contribution in [0.2, 0.25) is 0 Å². The smallest absolute Gasteiger partial charge is 0.251 e. The number of amides is 3. The molecular weight excluding hydrogens is 466 g/mol. The Labute approximate surface area is 224 Å². The second-order valence-electron chi connectivity index (χ2n) is 9.61. The Morgan fingerprint density at radius 2 is 1.68 bits per heavy atom. The third-order valence-corrected chi connectivity index (χ3v) is 5.79. The van der Waals surface area contributed by atoms with Crippen molar-refractivity contribution in [3.05, 3.63) is 48.2 Å². The second-order valence-corrected chi connectivity index (χ2v) is 9.61. The summed E-state index contributed by atoms with van der Waals surface area (Å²) in [5.74, 6) is -0.703. The molecule has 0 radical (unpaired) electrons. The number of hydrogen-bond donors (Lipinski definition) is 5. The maximum Gasteiger partial charge on any atom is 0.251 e. The number of allylic oxidation sites excluding steroid dienone is 4. The van der Waals surface area contributed by atoms with Gasteiger partial charge in [-0.3, -0.25) is 14.4 Å². The van der Waals surface area contributed by atoms with E-state index in [4.69, 9.17) is 0 Å². The summed E-state index contributed by atoms with van der Waals surface area (Å²) >= 11 is 0. The van der Waals surface area contributed by atoms with Crippen LogP contribution in [0.5, 0.6) is 0 Å². The van der Waals surface area contributed by atoms with E-state index in [0.717, 1.165) is 25.1 Å². The molecule has 0 spiro atoms. The van der Waals surface area contributed by atoms with Crippen molar-refractivity contribution in [3.63, 3.8) is 0 Å². The summed E-state index contributed by atoms with van der Waals surface area (Å²) in [5.41, 5.74) is 1.55. The largest absolute Gasteiger partial charge is 0.388 e. The number of hydrogen-bond acceptors (Lipinski definition) is 5. The quantitative estimate of drug-likeness (QED) is 0.133. The van der Waals surface area contributed by atoms with Gasteiger partial charge in [0.05, 0.1) is 6.54 Å². The number of carbonyl (C=O) groups is 3. The molecule has 3 amide bonds. The molecule has 8 heteroatoms. The van der Waals surface area contributed by atoms with E-state index in [1.54, 1.807) is 18.2 Å². The Hall–Kier alpha value is -2.87. The van der Waals surface area contributed by atoms with Crippen LogP contribution in [0.4, 0.5) is 0 Å². The molecule has 0 rings (SSSR count). The Bertz CT molecular complexity index is 801. The molecule has 0 aliphatic carbocycles. The fourth-order valence-electron chi connectivity index (χ4n) is 3.82. The van der Waals surface area contributed by atoms with E-state index in [0.29, 0.717) is 31.0 Å². The van der Waals surface area contributed by atoms with Crippen LogP contribution in [0.15, 0.2) is 48.2 Å². The van der Waals surface area contributed by atoms with Crippen LogP contribution < -0.4 is 26.6 Å². The highest BCUT2D eigenvalue weighted by Crippen LogP contribution is 2.10. The molecule has 0 aliphatic heterocycles. The third-order valence-electron chi connectivity index (χ3n) is 5.79. The number of nitrogens with one attached hydrogen (secondary N) is 5. The van der Waals surface area contributed by atoms with Crippen molar-refractivity contribution in [1.29, 1.82) is 0 Å². The maximum absolute atomic E-state index is 13.0. The Kier molecular flexibility index (Phi) is 18.6. The SMILES string of the molecule is C=C/C=C(\C=C/C)C(=O)NC(C(=O)NCC(=O)NC(CNCC(=CCC)NCC)CC(C)C)[C@@H](C)CC. The summed E-state index contributed by atoms with van der Waals surface area (Å²) in [6, 6.07) is -0.821. The molecule has 3 atom stereocenters. The molecule has 0 aliphatic rings. The highest BCUT2D eigenvalue weighted by atomic mass is 16.2. The predicted molar refractivity (Wildman–Crippen MR) is 154 cm³/mol. The zero-order valence-corrected chi connectivity index (χ0v) is 24.1. The summed E-state index contributed by atoms with van der Waals surface area (Å²) in [7, 11) is 0. The van der Waals surface area contributed by atoms with Crippen LogP contribution in [0, 0.1) is 11.8 Å². The van der Waals surface area contributed by atoms with Crippen molar-refractivity contribution in [1.82, 2.24) is 26.6 Å².